The van der Waals surface area contributed by atoms with Gasteiger partial charge in [-0.15, -0.1) is 5.10 Å². The number of nitrogen functional groups attached to an aromatic ring is 1. The van der Waals surface area contributed by atoms with Crippen molar-refractivity contribution in [2.45, 2.75) is 32.2 Å². The minimum Gasteiger partial charge on any atom is -0.383 e. The SMILES string of the molecule is Cc1cnc(N2CCC(n3cc(Cc4ccccc4)nn3)CC2)nc1N. The second-order valence-corrected chi connectivity index (χ2v) is 6.81. The van der Waals surface area contributed by atoms with Crippen molar-refractivity contribution in [1.29, 1.82) is 0 Å². The lowest BCUT2D eigenvalue weighted by molar-refractivity contribution is 0.358. The zero-order valence-corrected chi connectivity index (χ0v) is 14.9. The van der Waals surface area contributed by atoms with Crippen LogP contribution in [0, 0.1) is 6.92 Å². The summed E-state index contributed by atoms with van der Waals surface area (Å²) in [6.07, 6.45) is 6.66. The Labute approximate surface area is 152 Å². The predicted molar refractivity (Wildman–Crippen MR) is 101 cm³/mol. The first-order valence-electron chi connectivity index (χ1n) is 8.98. The lowest BCUT2D eigenvalue weighted by atomic mass is 10.1. The molecule has 0 saturated carbocycles. The van der Waals surface area contributed by atoms with Crippen molar-refractivity contribution >= 4 is 11.8 Å². The number of nitrogens with two attached hydrogens (primary N) is 1. The molecule has 1 fully saturated rings. The molecule has 0 bridgehead atoms. The number of aryl methyl sites for hydroxylation is 1. The molecule has 2 aromatic heterocycles. The largest absolute Gasteiger partial charge is 0.383 e. The van der Waals surface area contributed by atoms with Crippen molar-refractivity contribution in [3.8, 4) is 0 Å². The van der Waals surface area contributed by atoms with Gasteiger partial charge in [-0.2, -0.15) is 4.98 Å². The third-order valence-corrected chi connectivity index (χ3v) is 4.91. The van der Waals surface area contributed by atoms with Crippen LogP contribution in [0.5, 0.6) is 0 Å². The first-order valence-corrected chi connectivity index (χ1v) is 8.98. The van der Waals surface area contributed by atoms with E-state index in [1.54, 1.807) is 6.20 Å². The number of nitrogens with zero attached hydrogens (tertiary/aromatic N) is 6. The highest BCUT2D eigenvalue weighted by Gasteiger charge is 2.23. The number of rotatable bonds is 4. The molecule has 0 amide bonds. The highest BCUT2D eigenvalue weighted by atomic mass is 15.4. The van der Waals surface area contributed by atoms with Gasteiger partial charge >= 0.3 is 0 Å². The van der Waals surface area contributed by atoms with E-state index in [1.165, 1.54) is 5.56 Å². The molecule has 7 nitrogen and oxygen atoms in total. The molecule has 1 saturated heterocycles. The zero-order chi connectivity index (χ0) is 17.9. The van der Waals surface area contributed by atoms with E-state index >= 15 is 0 Å². The Kier molecular flexibility index (Phi) is 4.51. The number of benzene rings is 1. The van der Waals surface area contributed by atoms with Crippen molar-refractivity contribution in [2.24, 2.45) is 0 Å². The smallest absolute Gasteiger partial charge is 0.227 e. The molecule has 0 atom stereocenters. The van der Waals surface area contributed by atoms with Crippen molar-refractivity contribution in [3.63, 3.8) is 0 Å². The van der Waals surface area contributed by atoms with Crippen LogP contribution in [0.25, 0.3) is 0 Å². The minimum absolute atomic E-state index is 0.367. The molecule has 3 aromatic rings. The number of aromatic nitrogens is 5. The molecule has 134 valence electrons. The van der Waals surface area contributed by atoms with Gasteiger partial charge in [-0.25, -0.2) is 9.67 Å². The van der Waals surface area contributed by atoms with Gasteiger partial charge < -0.3 is 10.6 Å². The van der Waals surface area contributed by atoms with Crippen LogP contribution in [0.3, 0.4) is 0 Å². The second kappa shape index (κ2) is 7.11. The summed E-state index contributed by atoms with van der Waals surface area (Å²) in [6.45, 7) is 3.70. The number of anilines is 2. The molecule has 1 aliphatic heterocycles. The molecule has 4 rings (SSSR count). The van der Waals surface area contributed by atoms with Crippen LogP contribution < -0.4 is 10.6 Å². The minimum atomic E-state index is 0.367. The van der Waals surface area contributed by atoms with Crippen LogP contribution in [0.2, 0.25) is 0 Å². The summed E-state index contributed by atoms with van der Waals surface area (Å²) < 4.78 is 2.01. The summed E-state index contributed by atoms with van der Waals surface area (Å²) in [7, 11) is 0. The van der Waals surface area contributed by atoms with Gasteiger partial charge in [-0.3, -0.25) is 0 Å². The van der Waals surface area contributed by atoms with Crippen molar-refractivity contribution in [1.82, 2.24) is 25.0 Å². The molecule has 0 radical (unpaired) electrons. The van der Waals surface area contributed by atoms with Crippen LogP contribution in [-0.2, 0) is 6.42 Å². The standard InChI is InChI=1S/C19H23N7/c1-14-12-21-19(22-18(14)20)25-9-7-17(8-10-25)26-13-16(23-24-26)11-15-5-3-2-4-6-15/h2-6,12-13,17H,7-11H2,1H3,(H2,20,21,22). The summed E-state index contributed by atoms with van der Waals surface area (Å²) in [4.78, 5) is 11.0. The lowest BCUT2D eigenvalue weighted by Crippen LogP contribution is -2.36. The van der Waals surface area contributed by atoms with E-state index in [0.717, 1.165) is 49.6 Å². The Morgan fingerprint density at radius 3 is 2.65 bits per heavy atom. The van der Waals surface area contributed by atoms with E-state index in [-0.39, 0.29) is 0 Å². The molecular formula is C19H23N7. The summed E-state index contributed by atoms with van der Waals surface area (Å²) in [6, 6.07) is 10.7. The average molecular weight is 349 g/mol. The Hall–Kier alpha value is -2.96. The van der Waals surface area contributed by atoms with Gasteiger partial charge in [0, 0.05) is 37.5 Å². The topological polar surface area (TPSA) is 85.8 Å². The molecular weight excluding hydrogens is 326 g/mol. The zero-order valence-electron chi connectivity index (χ0n) is 14.9. The molecule has 26 heavy (non-hydrogen) atoms. The van der Waals surface area contributed by atoms with E-state index in [2.05, 4.69) is 55.6 Å². The predicted octanol–water partition coefficient (Wildman–Crippen LogP) is 2.39. The normalized spacial score (nSPS) is 15.3. The summed E-state index contributed by atoms with van der Waals surface area (Å²) in [5.41, 5.74) is 9.09. The van der Waals surface area contributed by atoms with E-state index in [4.69, 9.17) is 5.73 Å². The van der Waals surface area contributed by atoms with Gasteiger partial charge in [0.15, 0.2) is 0 Å². The Morgan fingerprint density at radius 2 is 1.92 bits per heavy atom. The van der Waals surface area contributed by atoms with Crippen molar-refractivity contribution in [3.05, 3.63) is 59.5 Å². The van der Waals surface area contributed by atoms with Gasteiger partial charge in [-0.05, 0) is 25.3 Å². The van der Waals surface area contributed by atoms with E-state index in [0.29, 0.717) is 11.9 Å². The highest BCUT2D eigenvalue weighted by molar-refractivity contribution is 5.43. The van der Waals surface area contributed by atoms with Gasteiger partial charge in [0.1, 0.15) is 5.82 Å². The molecule has 1 aliphatic rings. The Balaban J connectivity index is 1.38. The van der Waals surface area contributed by atoms with Crippen LogP contribution in [0.4, 0.5) is 11.8 Å². The van der Waals surface area contributed by atoms with Crippen LogP contribution in [0.1, 0.15) is 35.7 Å². The van der Waals surface area contributed by atoms with E-state index in [9.17, 15) is 0 Å². The van der Waals surface area contributed by atoms with Crippen LogP contribution in [0.15, 0.2) is 42.7 Å². The third kappa shape index (κ3) is 3.51. The number of hydrogen-bond acceptors (Lipinski definition) is 6. The summed E-state index contributed by atoms with van der Waals surface area (Å²) in [5, 5.41) is 8.70. The Morgan fingerprint density at radius 1 is 1.15 bits per heavy atom. The Bertz CT molecular complexity index is 867. The molecule has 1 aromatic carbocycles. The summed E-state index contributed by atoms with van der Waals surface area (Å²) in [5.74, 6) is 1.27. The fourth-order valence-corrected chi connectivity index (χ4v) is 3.31. The maximum atomic E-state index is 5.91. The second-order valence-electron chi connectivity index (χ2n) is 6.81. The van der Waals surface area contributed by atoms with Crippen LogP contribution in [-0.4, -0.2) is 38.1 Å². The molecule has 0 aliphatic carbocycles. The maximum Gasteiger partial charge on any atom is 0.227 e. The molecule has 2 N–H and O–H groups in total. The van der Waals surface area contributed by atoms with Gasteiger partial charge in [-0.1, -0.05) is 35.5 Å². The highest BCUT2D eigenvalue weighted by Crippen LogP contribution is 2.25. The molecule has 0 spiro atoms. The first kappa shape index (κ1) is 16.5. The van der Waals surface area contributed by atoms with Gasteiger partial charge in [0.25, 0.3) is 0 Å². The van der Waals surface area contributed by atoms with Crippen LogP contribution >= 0.6 is 0 Å². The van der Waals surface area contributed by atoms with E-state index in [1.807, 2.05) is 17.7 Å². The quantitative estimate of drug-likeness (QED) is 0.778. The summed E-state index contributed by atoms with van der Waals surface area (Å²) >= 11 is 0. The monoisotopic (exact) mass is 349 g/mol. The molecule has 3 heterocycles. The number of piperidine rings is 1. The van der Waals surface area contributed by atoms with Crippen molar-refractivity contribution < 1.29 is 0 Å². The molecule has 0 unspecified atom stereocenters. The van der Waals surface area contributed by atoms with Gasteiger partial charge in [0.05, 0.1) is 11.7 Å². The average Bonchev–Trinajstić information content (AvgIpc) is 3.13. The molecule has 7 heteroatoms. The fourth-order valence-electron chi connectivity index (χ4n) is 3.31. The van der Waals surface area contributed by atoms with Gasteiger partial charge in [0.2, 0.25) is 5.95 Å². The third-order valence-electron chi connectivity index (χ3n) is 4.91. The first-order chi connectivity index (χ1) is 12.7. The van der Waals surface area contributed by atoms with Crippen molar-refractivity contribution in [2.75, 3.05) is 23.7 Å². The van der Waals surface area contributed by atoms with E-state index < -0.39 is 0 Å². The lowest BCUT2D eigenvalue weighted by Gasteiger charge is -2.31. The maximum absolute atomic E-state index is 5.91. The number of hydrogen-bond donors (Lipinski definition) is 1. The fraction of sp³-hybridized carbons (Fsp3) is 0.368.